The normalized spacial score (nSPS) is 11.5. The lowest BCUT2D eigenvalue weighted by Gasteiger charge is -2.19. The molecule has 0 aliphatic heterocycles. The Hall–Kier alpha value is -3.34. The first kappa shape index (κ1) is 18.5. The van der Waals surface area contributed by atoms with E-state index in [0.717, 1.165) is 11.1 Å². The lowest BCUT2D eigenvalue weighted by atomic mass is 9.91. The molecule has 1 heterocycles. The van der Waals surface area contributed by atoms with E-state index < -0.39 is 0 Å². The fourth-order valence-corrected chi connectivity index (χ4v) is 2.93. The van der Waals surface area contributed by atoms with E-state index in [1.807, 2.05) is 42.5 Å². The van der Waals surface area contributed by atoms with Crippen LogP contribution < -0.4 is 14.8 Å². The van der Waals surface area contributed by atoms with Crippen LogP contribution in [-0.2, 0) is 11.2 Å². The number of hydrogen-bond donors (Lipinski definition) is 1. The van der Waals surface area contributed by atoms with Gasteiger partial charge >= 0.3 is 0 Å². The topological polar surface area (TPSA) is 60.5 Å². The monoisotopic (exact) mass is 362 g/mol. The van der Waals surface area contributed by atoms with Crippen molar-refractivity contribution in [3.05, 3.63) is 84.2 Å². The Morgan fingerprint density at radius 1 is 1.04 bits per heavy atom. The SMILES string of the molecule is COc1ccc(OC)c(NC(=O)C(Cc2cccnc2)c2ccccc2)c1. The third-order valence-electron chi connectivity index (χ3n) is 4.35. The van der Waals surface area contributed by atoms with Gasteiger partial charge in [0.05, 0.1) is 25.8 Å². The largest absolute Gasteiger partial charge is 0.497 e. The molecule has 3 aromatic rings. The van der Waals surface area contributed by atoms with Crippen molar-refractivity contribution in [2.75, 3.05) is 19.5 Å². The molecule has 1 unspecified atom stereocenters. The van der Waals surface area contributed by atoms with Crippen LogP contribution in [0.25, 0.3) is 0 Å². The highest BCUT2D eigenvalue weighted by Crippen LogP contribution is 2.31. The smallest absolute Gasteiger partial charge is 0.232 e. The van der Waals surface area contributed by atoms with E-state index in [9.17, 15) is 4.79 Å². The molecular weight excluding hydrogens is 340 g/mol. The van der Waals surface area contributed by atoms with Crippen LogP contribution in [0.3, 0.4) is 0 Å². The summed E-state index contributed by atoms with van der Waals surface area (Å²) >= 11 is 0. The highest BCUT2D eigenvalue weighted by molar-refractivity contribution is 5.97. The number of nitrogens with one attached hydrogen (secondary N) is 1. The number of aromatic nitrogens is 1. The average molecular weight is 362 g/mol. The molecule has 2 aromatic carbocycles. The van der Waals surface area contributed by atoms with Gasteiger partial charge < -0.3 is 14.8 Å². The summed E-state index contributed by atoms with van der Waals surface area (Å²) in [4.78, 5) is 17.3. The van der Waals surface area contributed by atoms with Crippen LogP contribution in [0.1, 0.15) is 17.0 Å². The average Bonchev–Trinajstić information content (AvgIpc) is 2.73. The maximum atomic E-state index is 13.2. The number of methoxy groups -OCH3 is 2. The molecule has 138 valence electrons. The van der Waals surface area contributed by atoms with E-state index in [4.69, 9.17) is 9.47 Å². The lowest BCUT2D eigenvalue weighted by Crippen LogP contribution is -2.23. The molecule has 0 fully saturated rings. The van der Waals surface area contributed by atoms with E-state index in [2.05, 4.69) is 10.3 Å². The number of rotatable bonds is 7. The summed E-state index contributed by atoms with van der Waals surface area (Å²) in [5, 5.41) is 2.99. The molecule has 0 saturated carbocycles. The first-order chi connectivity index (χ1) is 13.2. The summed E-state index contributed by atoms with van der Waals surface area (Å²) in [6.45, 7) is 0. The molecule has 1 aromatic heterocycles. The summed E-state index contributed by atoms with van der Waals surface area (Å²) in [6.07, 6.45) is 4.06. The van der Waals surface area contributed by atoms with E-state index in [1.54, 1.807) is 44.8 Å². The molecule has 1 N–H and O–H groups in total. The quantitative estimate of drug-likeness (QED) is 0.688. The third-order valence-corrected chi connectivity index (χ3v) is 4.35. The second-order valence-electron chi connectivity index (χ2n) is 6.08. The van der Waals surface area contributed by atoms with Gasteiger partial charge in [0, 0.05) is 18.5 Å². The maximum Gasteiger partial charge on any atom is 0.232 e. The van der Waals surface area contributed by atoms with Gasteiger partial charge in [0.1, 0.15) is 11.5 Å². The van der Waals surface area contributed by atoms with Crippen LogP contribution in [0.5, 0.6) is 11.5 Å². The minimum Gasteiger partial charge on any atom is -0.497 e. The molecule has 0 spiro atoms. The van der Waals surface area contributed by atoms with Gasteiger partial charge in [0.2, 0.25) is 5.91 Å². The Kier molecular flexibility index (Phi) is 6.05. The molecule has 5 heteroatoms. The van der Waals surface area contributed by atoms with E-state index in [1.165, 1.54) is 0 Å². The van der Waals surface area contributed by atoms with Crippen molar-refractivity contribution >= 4 is 11.6 Å². The fourth-order valence-electron chi connectivity index (χ4n) is 2.93. The molecule has 0 aliphatic carbocycles. The van der Waals surface area contributed by atoms with Gasteiger partial charge in [0.25, 0.3) is 0 Å². The van der Waals surface area contributed by atoms with Gasteiger partial charge in [-0.25, -0.2) is 0 Å². The Bertz CT molecular complexity index is 883. The number of nitrogens with zero attached hydrogens (tertiary/aromatic N) is 1. The van der Waals surface area contributed by atoms with Crippen LogP contribution in [-0.4, -0.2) is 25.1 Å². The van der Waals surface area contributed by atoms with Crippen molar-refractivity contribution in [3.63, 3.8) is 0 Å². The first-order valence-electron chi connectivity index (χ1n) is 8.68. The first-order valence-corrected chi connectivity index (χ1v) is 8.68. The summed E-state index contributed by atoms with van der Waals surface area (Å²) in [6, 6.07) is 18.9. The molecular formula is C22H22N2O3. The molecule has 0 bridgehead atoms. The number of carbonyl (C=O) groups is 1. The maximum absolute atomic E-state index is 13.2. The van der Waals surface area contributed by atoms with Crippen LogP contribution in [0.15, 0.2) is 73.1 Å². The third kappa shape index (κ3) is 4.64. The molecule has 27 heavy (non-hydrogen) atoms. The van der Waals surface area contributed by atoms with Gasteiger partial charge in [-0.1, -0.05) is 36.4 Å². The Balaban J connectivity index is 1.89. The van der Waals surface area contributed by atoms with Crippen LogP contribution in [0, 0.1) is 0 Å². The standard InChI is InChI=1S/C22H22N2O3/c1-26-18-10-11-21(27-2)20(14-18)24-22(25)19(17-8-4-3-5-9-17)13-16-7-6-12-23-15-16/h3-12,14-15,19H,13H2,1-2H3,(H,24,25). The predicted octanol–water partition coefficient (Wildman–Crippen LogP) is 4.06. The predicted molar refractivity (Wildman–Crippen MR) is 105 cm³/mol. The van der Waals surface area contributed by atoms with Crippen LogP contribution in [0.2, 0.25) is 0 Å². The Morgan fingerprint density at radius 3 is 2.52 bits per heavy atom. The van der Waals surface area contributed by atoms with Crippen molar-refractivity contribution in [2.24, 2.45) is 0 Å². The van der Waals surface area contributed by atoms with E-state index in [0.29, 0.717) is 23.6 Å². The molecule has 5 nitrogen and oxygen atoms in total. The Morgan fingerprint density at radius 2 is 1.85 bits per heavy atom. The lowest BCUT2D eigenvalue weighted by molar-refractivity contribution is -0.117. The van der Waals surface area contributed by atoms with Crippen LogP contribution in [0.4, 0.5) is 5.69 Å². The molecule has 0 radical (unpaired) electrons. The van der Waals surface area contributed by atoms with Gasteiger partial charge in [-0.05, 0) is 35.7 Å². The number of pyridine rings is 1. The van der Waals surface area contributed by atoms with Crippen molar-refractivity contribution < 1.29 is 14.3 Å². The number of carbonyl (C=O) groups excluding carboxylic acids is 1. The summed E-state index contributed by atoms with van der Waals surface area (Å²) < 4.78 is 10.6. The number of hydrogen-bond acceptors (Lipinski definition) is 4. The number of anilines is 1. The fraction of sp³-hybridized carbons (Fsp3) is 0.182. The zero-order chi connectivity index (χ0) is 19.1. The number of ether oxygens (including phenoxy) is 2. The number of amides is 1. The zero-order valence-corrected chi connectivity index (χ0v) is 15.4. The molecule has 1 amide bonds. The van der Waals surface area contributed by atoms with Crippen molar-refractivity contribution in [1.29, 1.82) is 0 Å². The molecule has 0 saturated heterocycles. The minimum atomic E-state index is -0.355. The summed E-state index contributed by atoms with van der Waals surface area (Å²) in [5.74, 6) is 0.759. The van der Waals surface area contributed by atoms with E-state index in [-0.39, 0.29) is 11.8 Å². The Labute approximate surface area is 159 Å². The van der Waals surface area contributed by atoms with Gasteiger partial charge in [-0.3, -0.25) is 9.78 Å². The van der Waals surface area contributed by atoms with Gasteiger partial charge in [-0.15, -0.1) is 0 Å². The highest BCUT2D eigenvalue weighted by Gasteiger charge is 2.22. The second kappa shape index (κ2) is 8.85. The summed E-state index contributed by atoms with van der Waals surface area (Å²) in [7, 11) is 3.16. The highest BCUT2D eigenvalue weighted by atomic mass is 16.5. The number of benzene rings is 2. The van der Waals surface area contributed by atoms with Crippen molar-refractivity contribution in [1.82, 2.24) is 4.98 Å². The zero-order valence-electron chi connectivity index (χ0n) is 15.4. The van der Waals surface area contributed by atoms with Crippen molar-refractivity contribution in [2.45, 2.75) is 12.3 Å². The molecule has 1 atom stereocenters. The molecule has 0 aliphatic rings. The van der Waals surface area contributed by atoms with Gasteiger partial charge in [0.15, 0.2) is 0 Å². The van der Waals surface area contributed by atoms with Crippen LogP contribution >= 0.6 is 0 Å². The molecule has 3 rings (SSSR count). The minimum absolute atomic E-state index is 0.114. The summed E-state index contributed by atoms with van der Waals surface area (Å²) in [5.41, 5.74) is 2.52. The van der Waals surface area contributed by atoms with Gasteiger partial charge in [-0.2, -0.15) is 0 Å². The van der Waals surface area contributed by atoms with E-state index >= 15 is 0 Å². The second-order valence-corrected chi connectivity index (χ2v) is 6.08. The van der Waals surface area contributed by atoms with Crippen molar-refractivity contribution in [3.8, 4) is 11.5 Å².